The van der Waals surface area contributed by atoms with Crippen molar-refractivity contribution in [1.29, 1.82) is 0 Å². The van der Waals surface area contributed by atoms with Crippen LogP contribution in [0.3, 0.4) is 0 Å². The van der Waals surface area contributed by atoms with E-state index in [0.29, 0.717) is 26.7 Å². The highest BCUT2D eigenvalue weighted by Gasteiger charge is 2.38. The molecule has 0 spiro atoms. The van der Waals surface area contributed by atoms with Crippen molar-refractivity contribution in [2.75, 3.05) is 0 Å². The number of hydrogen-bond donors (Lipinski definition) is 0. The quantitative estimate of drug-likeness (QED) is 0.252. The van der Waals surface area contributed by atoms with Crippen molar-refractivity contribution in [2.45, 2.75) is 6.42 Å². The summed E-state index contributed by atoms with van der Waals surface area (Å²) in [7, 11) is 0. The van der Waals surface area contributed by atoms with Gasteiger partial charge in [-0.1, -0.05) is 12.1 Å². The van der Waals surface area contributed by atoms with Crippen molar-refractivity contribution >= 4 is 93.3 Å². The zero-order valence-electron chi connectivity index (χ0n) is 13.6. The van der Waals surface area contributed by atoms with Gasteiger partial charge in [-0.3, -0.25) is 14.4 Å². The number of nitrogens with zero attached hydrogens (tertiary/aromatic N) is 1. The van der Waals surface area contributed by atoms with Crippen molar-refractivity contribution in [3.05, 3.63) is 57.9 Å². The van der Waals surface area contributed by atoms with E-state index >= 15 is 0 Å². The average Bonchev–Trinajstić information content (AvgIpc) is 3.33. The second-order valence-electron chi connectivity index (χ2n) is 6.49. The Morgan fingerprint density at radius 3 is 2.50 bits per heavy atom. The van der Waals surface area contributed by atoms with E-state index in [0.717, 1.165) is 34.3 Å². The first-order chi connectivity index (χ1) is 13.4. The maximum atomic E-state index is 13.2. The first-order valence-electron chi connectivity index (χ1n) is 8.11. The lowest BCUT2D eigenvalue weighted by molar-refractivity contribution is 0.0967. The molecule has 1 aromatic carbocycles. The number of Topliss-reactive ketones (excluding diaryl/α,β-unsaturated/α-hetero) is 1. The van der Waals surface area contributed by atoms with E-state index in [1.807, 2.05) is 12.1 Å². The van der Waals surface area contributed by atoms with Crippen molar-refractivity contribution in [3.63, 3.8) is 0 Å². The van der Waals surface area contributed by atoms with E-state index in [1.165, 1.54) is 34.0 Å². The molecule has 0 fully saturated rings. The Bertz CT molecular complexity index is 1430. The van der Waals surface area contributed by atoms with E-state index in [4.69, 9.17) is 0 Å². The summed E-state index contributed by atoms with van der Waals surface area (Å²) in [6, 6.07) is 5.55. The summed E-state index contributed by atoms with van der Waals surface area (Å²) in [5.41, 5.74) is 3.24. The van der Waals surface area contributed by atoms with Crippen LogP contribution in [-0.2, 0) is 6.42 Å². The van der Waals surface area contributed by atoms with E-state index in [-0.39, 0.29) is 23.0 Å². The van der Waals surface area contributed by atoms with E-state index < -0.39 is 0 Å². The molecule has 0 amide bonds. The number of ketones is 3. The van der Waals surface area contributed by atoms with E-state index in [2.05, 4.69) is 36.8 Å². The Hall–Kier alpha value is -1.52. The van der Waals surface area contributed by atoms with Crippen LogP contribution in [0.5, 0.6) is 0 Å². The average molecular weight is 551 g/mol. The predicted molar refractivity (Wildman–Crippen MR) is 118 cm³/mol. The van der Waals surface area contributed by atoms with E-state index in [1.54, 1.807) is 6.07 Å². The van der Waals surface area contributed by atoms with Crippen LogP contribution in [0, 0.1) is 0 Å². The molecule has 0 bridgehead atoms. The third kappa shape index (κ3) is 2.14. The van der Waals surface area contributed by atoms with Gasteiger partial charge >= 0.3 is 0 Å². The van der Waals surface area contributed by atoms with Gasteiger partial charge in [0.15, 0.2) is 5.78 Å². The Balaban J connectivity index is 1.53. The van der Waals surface area contributed by atoms with Crippen LogP contribution in [0.4, 0.5) is 0 Å². The lowest BCUT2D eigenvalue weighted by Gasteiger charge is -2.17. The van der Waals surface area contributed by atoms with Crippen LogP contribution in [0.2, 0.25) is 0 Å². The van der Waals surface area contributed by atoms with Gasteiger partial charge in [0, 0.05) is 22.9 Å². The molecule has 2 aliphatic rings. The molecule has 28 heavy (non-hydrogen) atoms. The summed E-state index contributed by atoms with van der Waals surface area (Å²) in [6.45, 7) is 0. The standard InChI is InChI=1S/C19H5Br2NO3S3/c20-17-10-9-12(24)11-16(13(25)14(9)26-15(10)18(21)28-17)27-19(22-11)5-1-2-7-6(3-5)4-8(7)23/h1-3H,4H2. The molecular formula is C19H5Br2NO3S3. The molecule has 4 aromatic rings. The summed E-state index contributed by atoms with van der Waals surface area (Å²) < 4.78 is 2.65. The summed E-state index contributed by atoms with van der Waals surface area (Å²) in [6.07, 6.45) is 0.433. The minimum atomic E-state index is -0.205. The van der Waals surface area contributed by atoms with Gasteiger partial charge < -0.3 is 0 Å². The SMILES string of the molecule is O=C1Cc2cc(-c3nc4c(s3)C(=O)c3sc5c(Br)sc(Br)c5c3C4=O)ccc21. The highest BCUT2D eigenvalue weighted by Crippen LogP contribution is 2.49. The second kappa shape index (κ2) is 5.76. The maximum absolute atomic E-state index is 13.2. The lowest BCUT2D eigenvalue weighted by atomic mass is 9.86. The van der Waals surface area contributed by atoms with Gasteiger partial charge in [0.1, 0.15) is 15.6 Å². The molecule has 0 radical (unpaired) electrons. The molecule has 0 N–H and O–H groups in total. The summed E-state index contributed by atoms with van der Waals surface area (Å²) in [4.78, 5) is 43.3. The molecule has 136 valence electrons. The van der Waals surface area contributed by atoms with Crippen molar-refractivity contribution in [1.82, 2.24) is 4.98 Å². The Labute approximate surface area is 186 Å². The fourth-order valence-electron chi connectivity index (χ4n) is 3.59. The molecule has 2 aliphatic carbocycles. The van der Waals surface area contributed by atoms with Gasteiger partial charge in [0.25, 0.3) is 0 Å². The predicted octanol–water partition coefficient (Wildman–Crippen LogP) is 6.13. The number of carbonyl (C=O) groups is 3. The monoisotopic (exact) mass is 549 g/mol. The van der Waals surface area contributed by atoms with Gasteiger partial charge in [0.05, 0.1) is 22.7 Å². The van der Waals surface area contributed by atoms with Crippen LogP contribution in [0.25, 0.3) is 20.7 Å². The first-order valence-corrected chi connectivity index (χ1v) is 12.1. The molecule has 3 aromatic heterocycles. The third-order valence-electron chi connectivity index (χ3n) is 4.95. The van der Waals surface area contributed by atoms with Crippen molar-refractivity contribution in [2.24, 2.45) is 0 Å². The fraction of sp³-hybridized carbons (Fsp3) is 0.0526. The molecule has 0 saturated heterocycles. The first kappa shape index (κ1) is 17.3. The van der Waals surface area contributed by atoms with Gasteiger partial charge in [-0.15, -0.1) is 34.0 Å². The van der Waals surface area contributed by atoms with Gasteiger partial charge in [0.2, 0.25) is 11.6 Å². The number of halogens is 2. The summed E-state index contributed by atoms with van der Waals surface area (Å²) in [5.74, 6) is -0.202. The minimum absolute atomic E-state index is 0.141. The molecule has 0 unspecified atom stereocenters. The molecule has 9 heteroatoms. The van der Waals surface area contributed by atoms with Gasteiger partial charge in [-0.2, -0.15) is 0 Å². The van der Waals surface area contributed by atoms with Crippen LogP contribution in [0.1, 0.15) is 46.5 Å². The normalized spacial score (nSPS) is 14.9. The van der Waals surface area contributed by atoms with Crippen molar-refractivity contribution < 1.29 is 14.4 Å². The number of aromatic nitrogens is 1. The highest BCUT2D eigenvalue weighted by atomic mass is 79.9. The van der Waals surface area contributed by atoms with Crippen LogP contribution < -0.4 is 0 Å². The largest absolute Gasteiger partial charge is 0.294 e. The summed E-state index contributed by atoms with van der Waals surface area (Å²) in [5, 5.41) is 1.42. The molecule has 3 heterocycles. The van der Waals surface area contributed by atoms with Gasteiger partial charge in [-0.05, 0) is 43.5 Å². The zero-order chi connectivity index (χ0) is 19.3. The van der Waals surface area contributed by atoms with Crippen molar-refractivity contribution in [3.8, 4) is 10.6 Å². The Kier molecular flexibility index (Phi) is 3.57. The number of hydrogen-bond acceptors (Lipinski definition) is 7. The number of benzene rings is 1. The van der Waals surface area contributed by atoms with Crippen LogP contribution in [0.15, 0.2) is 25.8 Å². The number of thiophene rings is 2. The van der Waals surface area contributed by atoms with Crippen LogP contribution >= 0.6 is 65.9 Å². The number of thiazole rings is 1. The minimum Gasteiger partial charge on any atom is -0.294 e. The number of carbonyl (C=O) groups excluding carboxylic acids is 3. The number of fused-ring (bicyclic) bond motifs is 5. The second-order valence-corrected chi connectivity index (χ2v) is 12.2. The molecule has 0 atom stereocenters. The molecule has 6 rings (SSSR count). The molecular weight excluding hydrogens is 546 g/mol. The Morgan fingerprint density at radius 2 is 1.75 bits per heavy atom. The fourth-order valence-corrected chi connectivity index (χ4v) is 9.31. The maximum Gasteiger partial charge on any atom is 0.216 e. The van der Waals surface area contributed by atoms with Gasteiger partial charge in [-0.25, -0.2) is 4.98 Å². The third-order valence-corrected chi connectivity index (χ3v) is 10.2. The lowest BCUT2D eigenvalue weighted by Crippen LogP contribution is -2.18. The van der Waals surface area contributed by atoms with E-state index in [9.17, 15) is 14.4 Å². The highest BCUT2D eigenvalue weighted by molar-refractivity contribution is 9.12. The smallest absolute Gasteiger partial charge is 0.216 e. The molecule has 4 nitrogen and oxygen atoms in total. The molecule has 0 saturated carbocycles. The Morgan fingerprint density at radius 1 is 0.929 bits per heavy atom. The van der Waals surface area contributed by atoms with Crippen LogP contribution in [-0.4, -0.2) is 22.3 Å². The number of rotatable bonds is 1. The zero-order valence-corrected chi connectivity index (χ0v) is 19.2. The summed E-state index contributed by atoms with van der Waals surface area (Å²) >= 11 is 11.1. The molecule has 0 aliphatic heterocycles. The topological polar surface area (TPSA) is 64.1 Å².